The van der Waals surface area contributed by atoms with E-state index in [9.17, 15) is 4.79 Å². The largest absolute Gasteiger partial charge is 0.497 e. The summed E-state index contributed by atoms with van der Waals surface area (Å²) in [6, 6.07) is 14.6. The predicted octanol–water partition coefficient (Wildman–Crippen LogP) is 5.97. The number of rotatable bonds is 9. The van der Waals surface area contributed by atoms with E-state index in [1.807, 2.05) is 38.1 Å². The van der Waals surface area contributed by atoms with Crippen molar-refractivity contribution in [1.82, 2.24) is 0 Å². The second-order valence-corrected chi connectivity index (χ2v) is 9.18. The zero-order valence-electron chi connectivity index (χ0n) is 18.2. The molecule has 0 bridgehead atoms. The van der Waals surface area contributed by atoms with Gasteiger partial charge < -0.3 is 14.2 Å². The van der Waals surface area contributed by atoms with Gasteiger partial charge in [-0.1, -0.05) is 46.3 Å². The number of methoxy groups -OCH3 is 2. The number of esters is 1. The van der Waals surface area contributed by atoms with E-state index in [0.717, 1.165) is 35.9 Å². The van der Waals surface area contributed by atoms with Crippen LogP contribution in [0.3, 0.4) is 0 Å². The molecule has 3 rings (SSSR count). The number of ether oxygens (including phenoxy) is 3. The van der Waals surface area contributed by atoms with Crippen molar-refractivity contribution in [2.75, 3.05) is 19.5 Å². The lowest BCUT2D eigenvalue weighted by Crippen LogP contribution is -2.33. The molecule has 2 aromatic carbocycles. The molecule has 0 heterocycles. The highest BCUT2D eigenvalue weighted by atomic mass is 79.9. The van der Waals surface area contributed by atoms with Gasteiger partial charge in [-0.05, 0) is 67.5 Å². The highest BCUT2D eigenvalue weighted by molar-refractivity contribution is 9.09. The summed E-state index contributed by atoms with van der Waals surface area (Å²) in [7, 11) is 3.13. The van der Waals surface area contributed by atoms with Crippen molar-refractivity contribution < 1.29 is 19.0 Å². The van der Waals surface area contributed by atoms with Crippen LogP contribution in [0, 0.1) is 5.41 Å². The molecule has 0 aromatic heterocycles. The number of alkyl halides is 1. The molecule has 162 valence electrons. The number of carbonyl (C=O) groups is 1. The molecule has 0 aliphatic heterocycles. The first-order valence-corrected chi connectivity index (χ1v) is 11.5. The van der Waals surface area contributed by atoms with Gasteiger partial charge in [-0.3, -0.25) is 4.79 Å². The molecule has 2 aromatic rings. The average Bonchev–Trinajstić information content (AvgIpc) is 3.17. The van der Waals surface area contributed by atoms with Crippen molar-refractivity contribution in [2.45, 2.75) is 51.7 Å². The summed E-state index contributed by atoms with van der Waals surface area (Å²) in [5.74, 6) is 0.736. The molecule has 0 fully saturated rings. The van der Waals surface area contributed by atoms with E-state index < -0.39 is 5.41 Å². The van der Waals surface area contributed by atoms with Gasteiger partial charge >= 0.3 is 5.97 Å². The Labute approximate surface area is 188 Å². The van der Waals surface area contributed by atoms with Gasteiger partial charge in [0.2, 0.25) is 0 Å². The van der Waals surface area contributed by atoms with Gasteiger partial charge in [0, 0.05) is 11.2 Å². The zero-order chi connectivity index (χ0) is 21.7. The molecule has 5 heteroatoms. The van der Waals surface area contributed by atoms with Crippen LogP contribution in [0.1, 0.15) is 61.0 Å². The smallest absolute Gasteiger partial charge is 0.311 e. The Bertz CT molecular complexity index is 860. The van der Waals surface area contributed by atoms with Crippen LogP contribution in [-0.4, -0.2) is 25.5 Å². The molecule has 0 radical (unpaired) electrons. The Balaban J connectivity index is 1.79. The number of aryl methyl sites for hydroxylation is 1. The highest BCUT2D eigenvalue weighted by Crippen LogP contribution is 2.43. The predicted molar refractivity (Wildman–Crippen MR) is 122 cm³/mol. The van der Waals surface area contributed by atoms with E-state index in [2.05, 4.69) is 34.1 Å². The molecule has 30 heavy (non-hydrogen) atoms. The fourth-order valence-corrected chi connectivity index (χ4v) is 4.81. The molecule has 2 atom stereocenters. The first-order chi connectivity index (χ1) is 14.4. The summed E-state index contributed by atoms with van der Waals surface area (Å²) >= 11 is 3.56. The maximum absolute atomic E-state index is 12.5. The standard InChI is InChI=1S/C25H31BrO4/c1-25(2,24(27)29-4)22(13-14-26)19-8-7-18-9-12-23(21(18)15-19)30-16-17-5-10-20(28-3)11-6-17/h5-8,10-11,15,22-23H,9,12-14,16H2,1-4H3. The van der Waals surface area contributed by atoms with Gasteiger partial charge in [-0.2, -0.15) is 0 Å². The van der Waals surface area contributed by atoms with Crippen LogP contribution in [-0.2, 0) is 27.3 Å². The van der Waals surface area contributed by atoms with Gasteiger partial charge in [-0.25, -0.2) is 0 Å². The summed E-state index contributed by atoms with van der Waals surface area (Å²) in [5, 5.41) is 0.826. The minimum atomic E-state index is -0.602. The SMILES string of the molecule is COC(=O)C(C)(C)C(CCBr)c1ccc2c(c1)C(OCc1ccc(OC)cc1)CC2. The Hall–Kier alpha value is -1.85. The molecular weight excluding hydrogens is 444 g/mol. The fourth-order valence-electron chi connectivity index (χ4n) is 4.35. The Morgan fingerprint density at radius 2 is 1.90 bits per heavy atom. The third kappa shape index (κ3) is 4.89. The Kier molecular flexibility index (Phi) is 7.59. The van der Waals surface area contributed by atoms with Crippen molar-refractivity contribution in [1.29, 1.82) is 0 Å². The van der Waals surface area contributed by atoms with E-state index in [4.69, 9.17) is 14.2 Å². The summed E-state index contributed by atoms with van der Waals surface area (Å²) in [4.78, 5) is 12.5. The molecule has 1 aliphatic carbocycles. The lowest BCUT2D eigenvalue weighted by atomic mass is 9.73. The lowest BCUT2D eigenvalue weighted by molar-refractivity contribution is -0.152. The zero-order valence-corrected chi connectivity index (χ0v) is 19.8. The first kappa shape index (κ1) is 22.8. The molecule has 0 spiro atoms. The maximum atomic E-state index is 12.5. The van der Waals surface area contributed by atoms with Gasteiger partial charge in [0.05, 0.1) is 32.3 Å². The number of halogens is 1. The highest BCUT2D eigenvalue weighted by Gasteiger charge is 2.39. The molecular formula is C25H31BrO4. The van der Waals surface area contributed by atoms with E-state index >= 15 is 0 Å². The first-order valence-electron chi connectivity index (χ1n) is 10.4. The number of hydrogen-bond donors (Lipinski definition) is 0. The Morgan fingerprint density at radius 3 is 2.53 bits per heavy atom. The van der Waals surface area contributed by atoms with Crippen molar-refractivity contribution in [3.63, 3.8) is 0 Å². The van der Waals surface area contributed by atoms with Gasteiger partial charge in [0.25, 0.3) is 0 Å². The molecule has 2 unspecified atom stereocenters. The van der Waals surface area contributed by atoms with Crippen LogP contribution >= 0.6 is 15.9 Å². The lowest BCUT2D eigenvalue weighted by Gasteiger charge is -2.32. The van der Waals surface area contributed by atoms with Crippen molar-refractivity contribution in [3.05, 3.63) is 64.7 Å². The number of carbonyl (C=O) groups excluding carboxylic acids is 1. The summed E-state index contributed by atoms with van der Waals surface area (Å²) in [6.07, 6.45) is 2.94. The second-order valence-electron chi connectivity index (χ2n) is 8.39. The third-order valence-corrected chi connectivity index (χ3v) is 6.64. The number of hydrogen-bond acceptors (Lipinski definition) is 4. The fraction of sp³-hybridized carbons (Fsp3) is 0.480. The molecule has 0 saturated heterocycles. The summed E-state index contributed by atoms with van der Waals surface area (Å²) in [5.41, 5.74) is 4.29. The van der Waals surface area contributed by atoms with Gasteiger partial charge in [0.15, 0.2) is 0 Å². The minimum Gasteiger partial charge on any atom is -0.497 e. The van der Waals surface area contributed by atoms with Crippen molar-refractivity contribution in [3.8, 4) is 5.75 Å². The van der Waals surface area contributed by atoms with Crippen LogP contribution < -0.4 is 4.74 Å². The van der Waals surface area contributed by atoms with E-state index in [1.165, 1.54) is 23.8 Å². The average molecular weight is 475 g/mol. The molecule has 4 nitrogen and oxygen atoms in total. The Morgan fingerprint density at radius 1 is 1.17 bits per heavy atom. The van der Waals surface area contributed by atoms with Gasteiger partial charge in [0.1, 0.15) is 5.75 Å². The normalized spacial score (nSPS) is 16.8. The van der Waals surface area contributed by atoms with Crippen LogP contribution in [0.5, 0.6) is 5.75 Å². The molecule has 1 aliphatic rings. The van der Waals surface area contributed by atoms with Crippen LogP contribution in [0.4, 0.5) is 0 Å². The number of fused-ring (bicyclic) bond motifs is 1. The monoisotopic (exact) mass is 474 g/mol. The number of benzene rings is 2. The van der Waals surface area contributed by atoms with Crippen LogP contribution in [0.15, 0.2) is 42.5 Å². The van der Waals surface area contributed by atoms with Gasteiger partial charge in [-0.15, -0.1) is 0 Å². The second kappa shape index (κ2) is 9.97. The van der Waals surface area contributed by atoms with Crippen LogP contribution in [0.2, 0.25) is 0 Å². The summed E-state index contributed by atoms with van der Waals surface area (Å²) < 4.78 is 16.6. The molecule has 0 saturated carbocycles. The maximum Gasteiger partial charge on any atom is 0.311 e. The van der Waals surface area contributed by atoms with E-state index in [1.54, 1.807) is 7.11 Å². The third-order valence-electron chi connectivity index (χ3n) is 6.19. The quantitative estimate of drug-likeness (QED) is 0.331. The van der Waals surface area contributed by atoms with E-state index in [0.29, 0.717) is 6.61 Å². The topological polar surface area (TPSA) is 44.8 Å². The molecule has 0 amide bonds. The van der Waals surface area contributed by atoms with E-state index in [-0.39, 0.29) is 18.0 Å². The van der Waals surface area contributed by atoms with Crippen LogP contribution in [0.25, 0.3) is 0 Å². The minimum absolute atomic E-state index is 0.0671. The van der Waals surface area contributed by atoms with Crippen molar-refractivity contribution >= 4 is 21.9 Å². The van der Waals surface area contributed by atoms with Crippen molar-refractivity contribution in [2.24, 2.45) is 5.41 Å². The summed E-state index contributed by atoms with van der Waals surface area (Å²) in [6.45, 7) is 4.50. The molecule has 0 N–H and O–H groups in total.